The molecule has 0 saturated carbocycles. The fraction of sp³-hybridized carbons (Fsp3) is 0.417. The summed E-state index contributed by atoms with van der Waals surface area (Å²) in [7, 11) is 1.94. The molecule has 0 fully saturated rings. The molecule has 16 heavy (non-hydrogen) atoms. The Morgan fingerprint density at radius 2 is 2.12 bits per heavy atom. The number of rotatable bonds is 6. The van der Waals surface area contributed by atoms with Crippen molar-refractivity contribution in [3.05, 3.63) is 29.8 Å². The maximum atomic E-state index is 10.4. The van der Waals surface area contributed by atoms with E-state index in [0.717, 1.165) is 6.54 Å². The Morgan fingerprint density at radius 1 is 1.44 bits per heavy atom. The predicted molar refractivity (Wildman–Crippen MR) is 66.8 cm³/mol. The van der Waals surface area contributed by atoms with E-state index in [-0.39, 0.29) is 6.42 Å². The molecule has 0 spiro atoms. The van der Waals surface area contributed by atoms with Gasteiger partial charge in [0, 0.05) is 18.0 Å². The highest BCUT2D eigenvalue weighted by atomic mass is 32.2. The molecule has 0 saturated heterocycles. The Morgan fingerprint density at radius 3 is 2.75 bits per heavy atom. The number of carboxylic acid groups (broad SMARTS) is 1. The van der Waals surface area contributed by atoms with Gasteiger partial charge in [0.15, 0.2) is 0 Å². The van der Waals surface area contributed by atoms with E-state index in [1.54, 1.807) is 11.8 Å². The summed E-state index contributed by atoms with van der Waals surface area (Å²) in [6.07, 6.45) is 2.24. The standard InChI is InChI=1S/C12H17NO2S/c1-13(8-7-12(14)15)9-10-5-3-4-6-11(10)16-2/h3-6H,7-9H2,1-2H3,(H,14,15). The molecule has 1 aromatic carbocycles. The maximum absolute atomic E-state index is 10.4. The molecule has 1 rings (SSSR count). The van der Waals surface area contributed by atoms with Crippen molar-refractivity contribution in [2.45, 2.75) is 17.9 Å². The number of hydrogen-bond acceptors (Lipinski definition) is 3. The summed E-state index contributed by atoms with van der Waals surface area (Å²) in [4.78, 5) is 13.7. The van der Waals surface area contributed by atoms with Crippen LogP contribution in [0.1, 0.15) is 12.0 Å². The van der Waals surface area contributed by atoms with Crippen molar-refractivity contribution in [2.24, 2.45) is 0 Å². The van der Waals surface area contributed by atoms with E-state index in [9.17, 15) is 4.79 Å². The van der Waals surface area contributed by atoms with Crippen molar-refractivity contribution in [3.8, 4) is 0 Å². The fourth-order valence-corrected chi connectivity index (χ4v) is 2.10. The zero-order valence-corrected chi connectivity index (χ0v) is 10.5. The third kappa shape index (κ3) is 4.24. The SMILES string of the molecule is CSc1ccccc1CN(C)CCC(=O)O. The number of nitrogens with zero attached hydrogens (tertiary/aromatic N) is 1. The van der Waals surface area contributed by atoms with E-state index in [4.69, 9.17) is 5.11 Å². The van der Waals surface area contributed by atoms with Gasteiger partial charge in [-0.15, -0.1) is 11.8 Å². The lowest BCUT2D eigenvalue weighted by atomic mass is 10.2. The fourth-order valence-electron chi connectivity index (χ4n) is 1.49. The minimum Gasteiger partial charge on any atom is -0.481 e. The molecule has 4 heteroatoms. The first kappa shape index (κ1) is 13.1. The third-order valence-electron chi connectivity index (χ3n) is 2.34. The van der Waals surface area contributed by atoms with Crippen LogP contribution in [0.5, 0.6) is 0 Å². The lowest BCUT2D eigenvalue weighted by molar-refractivity contribution is -0.137. The molecule has 0 aliphatic rings. The van der Waals surface area contributed by atoms with Gasteiger partial charge in [-0.1, -0.05) is 18.2 Å². The summed E-state index contributed by atoms with van der Waals surface area (Å²) in [5, 5.41) is 8.60. The lowest BCUT2D eigenvalue weighted by Crippen LogP contribution is -2.21. The summed E-state index contributed by atoms with van der Waals surface area (Å²) in [6.45, 7) is 1.38. The zero-order valence-electron chi connectivity index (χ0n) is 9.64. The molecular formula is C12H17NO2S. The van der Waals surface area contributed by atoms with Crippen LogP contribution in [0.25, 0.3) is 0 Å². The molecule has 0 unspecified atom stereocenters. The quantitative estimate of drug-likeness (QED) is 0.773. The van der Waals surface area contributed by atoms with Gasteiger partial charge in [0.25, 0.3) is 0 Å². The first-order valence-corrected chi connectivity index (χ1v) is 6.38. The maximum Gasteiger partial charge on any atom is 0.304 e. The topological polar surface area (TPSA) is 40.5 Å². The first-order chi connectivity index (χ1) is 7.63. The Bertz CT molecular complexity index is 355. The normalized spacial score (nSPS) is 10.7. The summed E-state index contributed by atoms with van der Waals surface area (Å²) in [5.41, 5.74) is 1.25. The smallest absolute Gasteiger partial charge is 0.304 e. The third-order valence-corrected chi connectivity index (χ3v) is 3.18. The number of benzene rings is 1. The first-order valence-electron chi connectivity index (χ1n) is 5.15. The van der Waals surface area contributed by atoms with Gasteiger partial charge < -0.3 is 10.0 Å². The average Bonchev–Trinajstić information content (AvgIpc) is 2.27. The molecule has 0 bridgehead atoms. The Labute approximate surface area is 100 Å². The van der Waals surface area contributed by atoms with Crippen LogP contribution in [0.4, 0.5) is 0 Å². The largest absolute Gasteiger partial charge is 0.481 e. The highest BCUT2D eigenvalue weighted by Crippen LogP contribution is 2.20. The zero-order chi connectivity index (χ0) is 12.0. The molecular weight excluding hydrogens is 222 g/mol. The lowest BCUT2D eigenvalue weighted by Gasteiger charge is -2.17. The van der Waals surface area contributed by atoms with Crippen LogP contribution >= 0.6 is 11.8 Å². The van der Waals surface area contributed by atoms with Gasteiger partial charge in [-0.05, 0) is 24.9 Å². The molecule has 0 aromatic heterocycles. The molecule has 1 N–H and O–H groups in total. The second kappa shape index (κ2) is 6.55. The molecule has 0 amide bonds. The second-order valence-corrected chi connectivity index (χ2v) is 4.54. The van der Waals surface area contributed by atoms with Gasteiger partial charge in [0.2, 0.25) is 0 Å². The molecule has 0 radical (unpaired) electrons. The Balaban J connectivity index is 2.55. The number of thioether (sulfide) groups is 1. The Kier molecular flexibility index (Phi) is 5.35. The van der Waals surface area contributed by atoms with E-state index in [1.807, 2.05) is 24.1 Å². The number of hydrogen-bond donors (Lipinski definition) is 1. The van der Waals surface area contributed by atoms with Gasteiger partial charge >= 0.3 is 5.97 Å². The summed E-state index contributed by atoms with van der Waals surface area (Å²) >= 11 is 1.72. The van der Waals surface area contributed by atoms with Gasteiger partial charge in [-0.3, -0.25) is 4.79 Å². The van der Waals surface area contributed by atoms with Crippen molar-refractivity contribution in [1.29, 1.82) is 0 Å². The number of carbonyl (C=O) groups is 1. The van der Waals surface area contributed by atoms with E-state index < -0.39 is 5.97 Å². The highest BCUT2D eigenvalue weighted by molar-refractivity contribution is 7.98. The molecule has 0 aliphatic heterocycles. The summed E-state index contributed by atoms with van der Waals surface area (Å²) < 4.78 is 0. The van der Waals surface area contributed by atoms with Crippen molar-refractivity contribution >= 4 is 17.7 Å². The molecule has 0 atom stereocenters. The monoisotopic (exact) mass is 239 g/mol. The number of aliphatic carboxylic acids is 1. The molecule has 1 aromatic rings. The van der Waals surface area contributed by atoms with E-state index in [1.165, 1.54) is 10.5 Å². The van der Waals surface area contributed by atoms with Gasteiger partial charge in [0.05, 0.1) is 6.42 Å². The highest BCUT2D eigenvalue weighted by Gasteiger charge is 2.06. The van der Waals surface area contributed by atoms with Crippen LogP contribution in [-0.2, 0) is 11.3 Å². The van der Waals surface area contributed by atoms with Crippen LogP contribution in [0.2, 0.25) is 0 Å². The molecule has 88 valence electrons. The van der Waals surface area contributed by atoms with Gasteiger partial charge in [0.1, 0.15) is 0 Å². The second-order valence-electron chi connectivity index (χ2n) is 3.69. The van der Waals surface area contributed by atoms with E-state index >= 15 is 0 Å². The van der Waals surface area contributed by atoms with Crippen LogP contribution in [0, 0.1) is 0 Å². The minimum absolute atomic E-state index is 0.192. The number of carboxylic acids is 1. The molecule has 0 aliphatic carbocycles. The van der Waals surface area contributed by atoms with Crippen LogP contribution in [0.3, 0.4) is 0 Å². The average molecular weight is 239 g/mol. The predicted octanol–water partition coefficient (Wildman–Crippen LogP) is 2.31. The molecule has 3 nitrogen and oxygen atoms in total. The van der Waals surface area contributed by atoms with Crippen LogP contribution in [0.15, 0.2) is 29.2 Å². The van der Waals surface area contributed by atoms with Crippen LogP contribution < -0.4 is 0 Å². The molecule has 0 heterocycles. The summed E-state index contributed by atoms with van der Waals surface area (Å²) in [6, 6.07) is 8.21. The van der Waals surface area contributed by atoms with Crippen molar-refractivity contribution in [3.63, 3.8) is 0 Å². The summed E-state index contributed by atoms with van der Waals surface area (Å²) in [5.74, 6) is -0.745. The minimum atomic E-state index is -0.745. The van der Waals surface area contributed by atoms with Crippen molar-refractivity contribution in [1.82, 2.24) is 4.90 Å². The van der Waals surface area contributed by atoms with E-state index in [0.29, 0.717) is 6.54 Å². The van der Waals surface area contributed by atoms with Crippen molar-refractivity contribution < 1.29 is 9.90 Å². The van der Waals surface area contributed by atoms with Crippen LogP contribution in [-0.4, -0.2) is 35.8 Å². The van der Waals surface area contributed by atoms with Gasteiger partial charge in [-0.2, -0.15) is 0 Å². The van der Waals surface area contributed by atoms with Gasteiger partial charge in [-0.25, -0.2) is 0 Å². The van der Waals surface area contributed by atoms with Crippen molar-refractivity contribution in [2.75, 3.05) is 19.8 Å². The Hall–Kier alpha value is -1.00. The van der Waals surface area contributed by atoms with E-state index in [2.05, 4.69) is 18.4 Å².